The van der Waals surface area contributed by atoms with Gasteiger partial charge in [-0.25, -0.2) is 0 Å². The van der Waals surface area contributed by atoms with Gasteiger partial charge in [0, 0.05) is 15.5 Å². The van der Waals surface area contributed by atoms with Crippen LogP contribution in [0.1, 0.15) is 44.2 Å². The van der Waals surface area contributed by atoms with E-state index in [4.69, 9.17) is 11.6 Å². The van der Waals surface area contributed by atoms with Crippen molar-refractivity contribution in [2.24, 2.45) is 11.8 Å². The summed E-state index contributed by atoms with van der Waals surface area (Å²) in [6, 6.07) is 6.48. The molecule has 1 aliphatic rings. The second kappa shape index (κ2) is 6.40. The molecule has 2 rings (SSSR count). The van der Waals surface area contributed by atoms with Crippen LogP contribution in [-0.2, 0) is 0 Å². The third-order valence-electron chi connectivity index (χ3n) is 4.05. The molecule has 0 spiro atoms. The number of benzene rings is 1. The van der Waals surface area contributed by atoms with E-state index in [1.165, 1.54) is 31.2 Å². The number of nitrogens with one attached hydrogen (secondary N) is 1. The molecule has 1 N–H and O–H groups in total. The van der Waals surface area contributed by atoms with Crippen LogP contribution in [0.15, 0.2) is 22.7 Å². The summed E-state index contributed by atoms with van der Waals surface area (Å²) in [6.45, 7) is 2.37. The summed E-state index contributed by atoms with van der Waals surface area (Å²) in [7, 11) is 2.05. The van der Waals surface area contributed by atoms with Crippen molar-refractivity contribution < 1.29 is 0 Å². The summed E-state index contributed by atoms with van der Waals surface area (Å²) < 4.78 is 1.16. The highest BCUT2D eigenvalue weighted by molar-refractivity contribution is 9.10. The fourth-order valence-corrected chi connectivity index (χ4v) is 3.86. The molecule has 1 aromatic carbocycles. The molecule has 0 radical (unpaired) electrons. The lowest BCUT2D eigenvalue weighted by molar-refractivity contribution is 0.229. The van der Waals surface area contributed by atoms with Crippen LogP contribution in [0.5, 0.6) is 0 Å². The van der Waals surface area contributed by atoms with Gasteiger partial charge in [-0.05, 0) is 55.5 Å². The van der Waals surface area contributed by atoms with Crippen molar-refractivity contribution in [2.75, 3.05) is 7.05 Å². The summed E-state index contributed by atoms with van der Waals surface area (Å²) in [5, 5.41) is 4.30. The molecule has 18 heavy (non-hydrogen) atoms. The van der Waals surface area contributed by atoms with Crippen LogP contribution in [0.3, 0.4) is 0 Å². The molecule has 1 saturated carbocycles. The van der Waals surface area contributed by atoms with Crippen molar-refractivity contribution in [3.63, 3.8) is 0 Å². The van der Waals surface area contributed by atoms with Gasteiger partial charge < -0.3 is 5.32 Å². The first-order valence-corrected chi connectivity index (χ1v) is 7.91. The van der Waals surface area contributed by atoms with Crippen LogP contribution in [-0.4, -0.2) is 7.05 Å². The molecule has 100 valence electrons. The third kappa shape index (κ3) is 3.28. The van der Waals surface area contributed by atoms with E-state index in [1.54, 1.807) is 0 Å². The first-order valence-electron chi connectivity index (χ1n) is 6.74. The lowest BCUT2D eigenvalue weighted by Crippen LogP contribution is -2.29. The summed E-state index contributed by atoms with van der Waals surface area (Å²) in [6.07, 6.45) is 5.35. The Morgan fingerprint density at radius 3 is 2.83 bits per heavy atom. The van der Waals surface area contributed by atoms with Gasteiger partial charge in [0.2, 0.25) is 0 Å². The Balaban J connectivity index is 2.24. The van der Waals surface area contributed by atoms with E-state index in [0.717, 1.165) is 15.4 Å². The first kappa shape index (κ1) is 14.4. The van der Waals surface area contributed by atoms with Gasteiger partial charge in [-0.3, -0.25) is 0 Å². The molecule has 3 atom stereocenters. The monoisotopic (exact) mass is 329 g/mol. The van der Waals surface area contributed by atoms with E-state index in [9.17, 15) is 0 Å². The largest absolute Gasteiger partial charge is 0.313 e. The lowest BCUT2D eigenvalue weighted by Gasteiger charge is -2.34. The standard InChI is InChI=1S/C15H21BrClN/c1-10-4-3-5-11(8-10)15(18-2)13-9-12(17)6-7-14(13)16/h6-7,9-11,15,18H,3-5,8H2,1-2H3. The second-order valence-electron chi connectivity index (χ2n) is 5.46. The molecule has 0 heterocycles. The maximum Gasteiger partial charge on any atom is 0.0410 e. The van der Waals surface area contributed by atoms with Crippen molar-refractivity contribution in [3.8, 4) is 0 Å². The van der Waals surface area contributed by atoms with Gasteiger partial charge >= 0.3 is 0 Å². The third-order valence-corrected chi connectivity index (χ3v) is 5.01. The average Bonchev–Trinajstić information content (AvgIpc) is 2.35. The SMILES string of the molecule is CNC(c1cc(Cl)ccc1Br)C1CCCC(C)C1. The maximum absolute atomic E-state index is 6.14. The molecular weight excluding hydrogens is 310 g/mol. The molecule has 0 aromatic heterocycles. The summed E-state index contributed by atoms with van der Waals surface area (Å²) in [4.78, 5) is 0. The highest BCUT2D eigenvalue weighted by atomic mass is 79.9. The topological polar surface area (TPSA) is 12.0 Å². The second-order valence-corrected chi connectivity index (χ2v) is 6.75. The molecule has 0 aliphatic heterocycles. The smallest absolute Gasteiger partial charge is 0.0410 e. The highest BCUT2D eigenvalue weighted by Gasteiger charge is 2.28. The Kier molecular flexibility index (Phi) is 5.11. The van der Waals surface area contributed by atoms with Crippen LogP contribution in [0.25, 0.3) is 0 Å². The number of hydrogen-bond donors (Lipinski definition) is 1. The minimum absolute atomic E-state index is 0.404. The summed E-state index contributed by atoms with van der Waals surface area (Å²) >= 11 is 9.79. The van der Waals surface area contributed by atoms with Gasteiger partial charge in [0.05, 0.1) is 0 Å². The van der Waals surface area contributed by atoms with Crippen LogP contribution in [0.4, 0.5) is 0 Å². The van der Waals surface area contributed by atoms with Crippen LogP contribution in [0.2, 0.25) is 5.02 Å². The molecular formula is C15H21BrClN. The molecule has 3 heteroatoms. The molecule has 1 aliphatic carbocycles. The molecule has 3 unspecified atom stereocenters. The van der Waals surface area contributed by atoms with Crippen LogP contribution >= 0.6 is 27.5 Å². The van der Waals surface area contributed by atoms with Crippen molar-refractivity contribution in [2.45, 2.75) is 38.6 Å². The van der Waals surface area contributed by atoms with Gasteiger partial charge in [-0.1, -0.05) is 47.3 Å². The van der Waals surface area contributed by atoms with Gasteiger partial charge in [-0.2, -0.15) is 0 Å². The molecule has 0 saturated heterocycles. The van der Waals surface area contributed by atoms with E-state index < -0.39 is 0 Å². The van der Waals surface area contributed by atoms with Crippen LogP contribution < -0.4 is 5.32 Å². The zero-order valence-corrected chi connectivity index (χ0v) is 13.4. The minimum atomic E-state index is 0.404. The van der Waals surface area contributed by atoms with Crippen molar-refractivity contribution in [1.82, 2.24) is 5.32 Å². The lowest BCUT2D eigenvalue weighted by atomic mass is 9.77. The maximum atomic E-state index is 6.14. The molecule has 1 nitrogen and oxygen atoms in total. The Morgan fingerprint density at radius 2 is 2.17 bits per heavy atom. The summed E-state index contributed by atoms with van der Waals surface area (Å²) in [5.74, 6) is 1.56. The summed E-state index contributed by atoms with van der Waals surface area (Å²) in [5.41, 5.74) is 1.30. The Hall–Kier alpha value is -0.0500. The van der Waals surface area contributed by atoms with Crippen molar-refractivity contribution in [1.29, 1.82) is 0 Å². The van der Waals surface area contributed by atoms with E-state index >= 15 is 0 Å². The quantitative estimate of drug-likeness (QED) is 0.804. The fraction of sp³-hybridized carbons (Fsp3) is 0.600. The van der Waals surface area contributed by atoms with Gasteiger partial charge in [0.1, 0.15) is 0 Å². The first-order chi connectivity index (χ1) is 8.61. The van der Waals surface area contributed by atoms with E-state index in [0.29, 0.717) is 12.0 Å². The van der Waals surface area contributed by atoms with Crippen molar-refractivity contribution >= 4 is 27.5 Å². The van der Waals surface area contributed by atoms with E-state index in [2.05, 4.69) is 41.3 Å². The van der Waals surface area contributed by atoms with Crippen molar-refractivity contribution in [3.05, 3.63) is 33.3 Å². The number of rotatable bonds is 3. The normalized spacial score (nSPS) is 26.0. The van der Waals surface area contributed by atoms with Gasteiger partial charge in [-0.15, -0.1) is 0 Å². The number of halogens is 2. The predicted octanol–water partition coefficient (Wildman–Crippen LogP) is 5.19. The van der Waals surface area contributed by atoms with Gasteiger partial charge in [0.15, 0.2) is 0 Å². The molecule has 0 bridgehead atoms. The zero-order chi connectivity index (χ0) is 13.1. The fourth-order valence-electron chi connectivity index (χ4n) is 3.18. The highest BCUT2D eigenvalue weighted by Crippen LogP contribution is 2.39. The Bertz CT molecular complexity index is 407. The minimum Gasteiger partial charge on any atom is -0.313 e. The molecule has 1 fully saturated rings. The Morgan fingerprint density at radius 1 is 1.39 bits per heavy atom. The van der Waals surface area contributed by atoms with Gasteiger partial charge in [0.25, 0.3) is 0 Å². The predicted molar refractivity (Wildman–Crippen MR) is 82.1 cm³/mol. The van der Waals surface area contributed by atoms with Crippen LogP contribution in [0, 0.1) is 11.8 Å². The average molecular weight is 331 g/mol. The molecule has 1 aromatic rings. The Labute approximate surface area is 123 Å². The zero-order valence-electron chi connectivity index (χ0n) is 11.0. The molecule has 0 amide bonds. The van der Waals surface area contributed by atoms with E-state index in [1.807, 2.05) is 12.1 Å². The number of hydrogen-bond acceptors (Lipinski definition) is 1. The van der Waals surface area contributed by atoms with E-state index in [-0.39, 0.29) is 0 Å².